The molecule has 32 heteroatoms. The van der Waals surface area contributed by atoms with E-state index in [2.05, 4.69) is 274 Å². The number of nitrogens with zero attached hydrogens (tertiary/aromatic N) is 15. The normalized spacial score (nSPS) is 11.2. The maximum absolute atomic E-state index is 7.01. The molecule has 13 aromatic rings. The van der Waals surface area contributed by atoms with Crippen LogP contribution >= 0.6 is 58.0 Å². The highest BCUT2D eigenvalue weighted by molar-refractivity contribution is 6.42. The number of fused-ring (bicyclic) bond motifs is 1. The van der Waals surface area contributed by atoms with Crippen LogP contribution in [-0.2, 0) is 0 Å². The minimum Gasteiger partial charge on any atom is -0.495 e. The second-order valence-electron chi connectivity index (χ2n) is 37.5. The van der Waals surface area contributed by atoms with Crippen molar-refractivity contribution >= 4 is 185 Å². The molecule has 11 N–H and O–H groups in total. The molecule has 0 aliphatic heterocycles. The van der Waals surface area contributed by atoms with Crippen LogP contribution in [0.2, 0.25) is 25.1 Å². The van der Waals surface area contributed by atoms with Gasteiger partial charge in [0, 0.05) is 186 Å². The first kappa shape index (κ1) is 104. The monoisotopic (exact) mass is 1870 g/mol. The molecule has 27 nitrogen and oxygen atoms in total. The first-order valence-corrected chi connectivity index (χ1v) is 44.4. The van der Waals surface area contributed by atoms with Crippen LogP contribution in [0.3, 0.4) is 0 Å². The highest BCUT2D eigenvalue weighted by Gasteiger charge is 2.22. The maximum atomic E-state index is 7.01. The molecule has 0 spiro atoms. The number of nitrogens with one attached hydrogen (secondary N) is 11. The van der Waals surface area contributed by atoms with Gasteiger partial charge in [-0.25, -0.2) is 34.7 Å². The Hall–Kier alpha value is -12.6. The summed E-state index contributed by atoms with van der Waals surface area (Å²) in [6.07, 6.45) is 10.8. The molecule has 0 amide bonds. The van der Waals surface area contributed by atoms with E-state index >= 15 is 0 Å². The summed E-state index contributed by atoms with van der Waals surface area (Å²) in [7, 11) is 7.62. The summed E-state index contributed by atoms with van der Waals surface area (Å²) in [5.74, 6) is 8.94. The number of halogens is 5. The number of aromatic nitrogens is 12. The lowest BCUT2D eigenvalue weighted by atomic mass is 10.1. The summed E-state index contributed by atoms with van der Waals surface area (Å²) in [5.41, 5.74) is 12.4. The molecule has 13 rings (SSSR count). The van der Waals surface area contributed by atoms with Gasteiger partial charge >= 0.3 is 0 Å². The lowest BCUT2D eigenvalue weighted by Crippen LogP contribution is -2.28. The number of methoxy groups -OCH3 is 1. The van der Waals surface area contributed by atoms with E-state index in [9.17, 15) is 0 Å². The Labute approximate surface area is 798 Å². The van der Waals surface area contributed by atoms with Crippen molar-refractivity contribution in [3.63, 3.8) is 0 Å². The quantitative estimate of drug-likeness (QED) is 0.0316. The molecule has 0 saturated heterocycles. The fraction of sp³-hybridized carbons (Fsp3) is 0.343. The van der Waals surface area contributed by atoms with E-state index in [1.165, 1.54) is 10.8 Å². The van der Waals surface area contributed by atoms with Crippen LogP contribution in [0.5, 0.6) is 5.75 Å². The van der Waals surface area contributed by atoms with E-state index in [0.29, 0.717) is 78.1 Å². The first-order valence-electron chi connectivity index (χ1n) is 42.5. The minimum atomic E-state index is -0.118. The minimum absolute atomic E-state index is 0.0721. The zero-order chi connectivity index (χ0) is 96.7. The van der Waals surface area contributed by atoms with Crippen molar-refractivity contribution in [1.82, 2.24) is 59.8 Å². The number of rotatable bonds is 20. The molecule has 692 valence electrons. The van der Waals surface area contributed by atoms with Crippen molar-refractivity contribution in [2.24, 2.45) is 0 Å². The second-order valence-corrected chi connectivity index (χ2v) is 39.5. The zero-order valence-corrected chi connectivity index (χ0v) is 84.1. The van der Waals surface area contributed by atoms with Gasteiger partial charge in [0.05, 0.1) is 28.7 Å². The standard InChI is InChI=1S/C19H22N4.C17H23ClN4O.C17H25N5.C16H18ClN5.C15H18Cl2N4.C15H19ClN4/c1-13-12-20-18(23-19(2,3)4)22-17(13)21-16-11-7-9-14-8-5-6-10-15(14)16;1-11-10-19-16(21-17(2,3)4)20-15(11)22(5)12-7-8-13(18)14(9-12)23-6;1-12-11-18-16(21-17(2,3)4)20-15(12)19-13-8-7-9-14(10-13)22(5)6;1-10-9-19-15(22-16(2,3)4)21-14(10)20-11-6-7-13(18-5)12(17)8-11;1-9-8-18-14(21-15(2,3)4)20-13(9)19-10-5-6-11(16)12(17)7-10;1-10-9-17-14(20-15(2,3)4)19-13(10)18-12-7-5-11(16)6-8-12/h5-12H,1-4H3,(H2,20,21,22,23);7-10H,1-6H3,(H,19,20,21);7-11H,1-6H3,(H2,18,19,20,21);6-9H,1-4H3,(H2,19,20,21,22);5-8H,1-4H3,(H2,18,19,20,21);5-9H,1-4H3,(H2,17,18,19,20). The molecule has 0 bridgehead atoms. The number of anilines is 19. The molecule has 0 aliphatic rings. The molecule has 0 unspecified atom stereocenters. The third kappa shape index (κ3) is 35.0. The van der Waals surface area contributed by atoms with Crippen LogP contribution < -0.4 is 73.0 Å². The smallest absolute Gasteiger partial charge is 0.225 e. The van der Waals surface area contributed by atoms with E-state index in [-0.39, 0.29) is 33.2 Å². The number of hydrogen-bond acceptors (Lipinski definition) is 26. The van der Waals surface area contributed by atoms with Crippen LogP contribution in [0.25, 0.3) is 15.6 Å². The Morgan fingerprint density at radius 1 is 0.328 bits per heavy atom. The van der Waals surface area contributed by atoms with Crippen molar-refractivity contribution in [1.29, 1.82) is 0 Å². The predicted molar refractivity (Wildman–Crippen MR) is 554 cm³/mol. The van der Waals surface area contributed by atoms with Gasteiger partial charge < -0.3 is 73.0 Å². The number of benzene rings is 7. The van der Waals surface area contributed by atoms with E-state index in [1.54, 1.807) is 56.0 Å². The van der Waals surface area contributed by atoms with Crippen molar-refractivity contribution in [2.45, 2.75) is 199 Å². The molecule has 0 aliphatic carbocycles. The van der Waals surface area contributed by atoms with Crippen molar-refractivity contribution < 1.29 is 4.74 Å². The largest absolute Gasteiger partial charge is 0.495 e. The average Bonchev–Trinajstić information content (AvgIpc) is 0.808. The van der Waals surface area contributed by atoms with Gasteiger partial charge in [0.15, 0.2) is 0 Å². The van der Waals surface area contributed by atoms with Crippen LogP contribution in [0.4, 0.5) is 116 Å². The lowest BCUT2D eigenvalue weighted by Gasteiger charge is -2.24. The molecule has 0 saturated carbocycles. The molecule has 131 heavy (non-hydrogen) atoms. The molecule has 6 heterocycles. The van der Waals surface area contributed by atoms with Crippen LogP contribution in [-0.4, -0.2) is 121 Å². The summed E-state index contributed by atoms with van der Waals surface area (Å²) in [6, 6.07) is 46.5. The SMILES string of the molecule is COc1cc(N(C)c2nc(NC(C)(C)C)ncc2C)ccc1Cl.Cc1cnc(NC(C)(C)C)nc1Nc1ccc(Cl)c(Cl)c1.Cc1cnc(NC(C)(C)C)nc1Nc1ccc(Cl)cc1.Cc1cnc(NC(C)(C)C)nc1Nc1cccc(N(C)C)c1.Cc1cnc(NC(C)(C)C)nc1Nc1cccc2ccccc12.[C-]#[N+]c1ccc(Nc2nc(NC(C)(C)C)ncc2C)cc1Cl. The Kier molecular flexibility index (Phi) is 36.3. The number of hydrogen-bond donors (Lipinski definition) is 11. The molecule has 0 fully saturated rings. The van der Waals surface area contributed by atoms with E-state index in [1.807, 2.05) is 180 Å². The van der Waals surface area contributed by atoms with Gasteiger partial charge in [-0.05, 0) is 263 Å². The molecule has 7 aromatic carbocycles. The van der Waals surface area contributed by atoms with Crippen LogP contribution in [0, 0.1) is 48.1 Å². The fourth-order valence-electron chi connectivity index (χ4n) is 11.6. The summed E-state index contributed by atoms with van der Waals surface area (Å²) in [5, 5.41) is 41.3. The Morgan fingerprint density at radius 2 is 0.679 bits per heavy atom. The number of ether oxygens (including phenoxy) is 1. The predicted octanol–water partition coefficient (Wildman–Crippen LogP) is 27.5. The van der Waals surface area contributed by atoms with E-state index < -0.39 is 0 Å². The van der Waals surface area contributed by atoms with Gasteiger partial charge in [0.25, 0.3) is 0 Å². The van der Waals surface area contributed by atoms with Gasteiger partial charge in [0.2, 0.25) is 41.4 Å². The van der Waals surface area contributed by atoms with Crippen LogP contribution in [0.1, 0.15) is 158 Å². The van der Waals surface area contributed by atoms with Gasteiger partial charge in [-0.3, -0.25) is 0 Å². The molecule has 0 atom stereocenters. The summed E-state index contributed by atoms with van der Waals surface area (Å²) < 4.78 is 5.29. The topological polar surface area (TPSA) is 307 Å². The van der Waals surface area contributed by atoms with E-state index in [4.69, 9.17) is 69.3 Å². The lowest BCUT2D eigenvalue weighted by molar-refractivity contribution is 0.415. The molecular weight excluding hydrogens is 1750 g/mol. The molecule has 6 aromatic heterocycles. The third-order valence-corrected chi connectivity index (χ3v) is 19.5. The maximum Gasteiger partial charge on any atom is 0.225 e. The van der Waals surface area contributed by atoms with Gasteiger partial charge in [-0.2, -0.15) is 29.9 Å². The van der Waals surface area contributed by atoms with E-state index in [0.717, 1.165) is 102 Å². The van der Waals surface area contributed by atoms with Gasteiger partial charge in [0.1, 0.15) is 40.7 Å². The van der Waals surface area contributed by atoms with Crippen LogP contribution in [0.15, 0.2) is 183 Å². The van der Waals surface area contributed by atoms with Crippen molar-refractivity contribution in [2.75, 3.05) is 96.5 Å². The summed E-state index contributed by atoms with van der Waals surface area (Å²) in [6.45, 7) is 56.1. The Morgan fingerprint density at radius 3 is 1.08 bits per heavy atom. The highest BCUT2D eigenvalue weighted by Crippen LogP contribution is 2.37. The second kappa shape index (κ2) is 45.8. The third-order valence-electron chi connectivity index (χ3n) is 17.9. The van der Waals surface area contributed by atoms with Gasteiger partial charge in [-0.15, -0.1) is 0 Å². The fourth-order valence-corrected chi connectivity index (χ4v) is 12.5. The van der Waals surface area contributed by atoms with Gasteiger partial charge in [-0.1, -0.05) is 107 Å². The summed E-state index contributed by atoms with van der Waals surface area (Å²) in [4.78, 5) is 60.7. The average molecular weight is 1870 g/mol. The van der Waals surface area contributed by atoms with Crippen molar-refractivity contribution in [3.05, 3.63) is 253 Å². The summed E-state index contributed by atoms with van der Waals surface area (Å²) >= 11 is 30.0. The van der Waals surface area contributed by atoms with Crippen molar-refractivity contribution in [3.8, 4) is 5.75 Å². The zero-order valence-electron chi connectivity index (χ0n) is 80.3. The first-order chi connectivity index (χ1) is 61.2. The Bertz CT molecular complexity index is 6030. The molecule has 0 radical (unpaired) electrons. The highest BCUT2D eigenvalue weighted by atomic mass is 35.5. The Balaban J connectivity index is 0.000000194. The molecular formula is C99H125Cl5N26O. The number of aryl methyl sites for hydroxylation is 6.